The lowest BCUT2D eigenvalue weighted by atomic mass is 9.73. The molecule has 1 saturated heterocycles. The van der Waals surface area contributed by atoms with Crippen LogP contribution in [0, 0.1) is 6.92 Å². The molecule has 2 N–H and O–H groups in total. The van der Waals surface area contributed by atoms with E-state index in [1.165, 1.54) is 0 Å². The van der Waals surface area contributed by atoms with Gasteiger partial charge in [0.2, 0.25) is 5.91 Å². The number of H-pyrrole nitrogens is 1. The van der Waals surface area contributed by atoms with Crippen molar-refractivity contribution in [2.45, 2.75) is 31.6 Å². The van der Waals surface area contributed by atoms with Crippen molar-refractivity contribution in [1.82, 2.24) is 9.88 Å². The maximum atomic E-state index is 12.9. The summed E-state index contributed by atoms with van der Waals surface area (Å²) in [6.45, 7) is 2.97. The molecule has 5 nitrogen and oxygen atoms in total. The molecule has 0 bridgehead atoms. The van der Waals surface area contributed by atoms with Gasteiger partial charge in [-0.3, -0.25) is 9.59 Å². The molecule has 0 spiro atoms. The van der Waals surface area contributed by atoms with Gasteiger partial charge in [-0.1, -0.05) is 42.5 Å². The van der Waals surface area contributed by atoms with Crippen LogP contribution in [0.25, 0.3) is 10.9 Å². The predicted octanol–water partition coefficient (Wildman–Crippen LogP) is 3.66. The van der Waals surface area contributed by atoms with E-state index < -0.39 is 11.4 Å². The smallest absolute Gasteiger partial charge is 0.314 e. The molecule has 2 aromatic carbocycles. The number of carboxylic acid groups (broad SMARTS) is 1. The maximum Gasteiger partial charge on any atom is 0.314 e. The van der Waals surface area contributed by atoms with Gasteiger partial charge in [0, 0.05) is 30.2 Å². The normalized spacial score (nSPS) is 16.2. The first-order chi connectivity index (χ1) is 13.5. The number of carbonyl (C=O) groups excluding carboxylic acids is 1. The van der Waals surface area contributed by atoms with Gasteiger partial charge in [-0.05, 0) is 42.5 Å². The standard InChI is InChI=1S/C23H24N2O3/c1-16-6-5-9-19-21(16)17(15-24-19)14-20(26)25-12-10-23(11-13-25,22(27)28)18-7-3-2-4-8-18/h2-9,15,24H,10-14H2,1H3,(H,27,28). The molecule has 1 aliphatic heterocycles. The lowest BCUT2D eigenvalue weighted by molar-refractivity contribution is -0.148. The molecule has 0 unspecified atom stereocenters. The van der Waals surface area contributed by atoms with Crippen molar-refractivity contribution < 1.29 is 14.7 Å². The highest BCUT2D eigenvalue weighted by molar-refractivity contribution is 5.91. The highest BCUT2D eigenvalue weighted by Crippen LogP contribution is 2.36. The fourth-order valence-corrected chi connectivity index (χ4v) is 4.39. The Balaban J connectivity index is 1.50. The van der Waals surface area contributed by atoms with Crippen molar-refractivity contribution in [3.05, 3.63) is 71.4 Å². The summed E-state index contributed by atoms with van der Waals surface area (Å²) < 4.78 is 0. The van der Waals surface area contributed by atoms with Crippen LogP contribution in [0.2, 0.25) is 0 Å². The van der Waals surface area contributed by atoms with Crippen molar-refractivity contribution in [2.24, 2.45) is 0 Å². The van der Waals surface area contributed by atoms with Gasteiger partial charge in [-0.25, -0.2) is 0 Å². The number of likely N-dealkylation sites (tertiary alicyclic amines) is 1. The Morgan fingerprint density at radius 2 is 1.79 bits per heavy atom. The lowest BCUT2D eigenvalue weighted by Crippen LogP contribution is -2.49. The minimum absolute atomic E-state index is 0.0520. The van der Waals surface area contributed by atoms with Crippen molar-refractivity contribution in [3.63, 3.8) is 0 Å². The Labute approximate surface area is 164 Å². The molecule has 1 fully saturated rings. The second-order valence-corrected chi connectivity index (χ2v) is 7.62. The van der Waals surface area contributed by atoms with Crippen LogP contribution in [0.5, 0.6) is 0 Å². The van der Waals surface area contributed by atoms with Gasteiger partial charge in [0.1, 0.15) is 0 Å². The summed E-state index contributed by atoms with van der Waals surface area (Å²) in [4.78, 5) is 30.0. The van der Waals surface area contributed by atoms with Crippen LogP contribution in [-0.4, -0.2) is 40.0 Å². The Morgan fingerprint density at radius 3 is 2.46 bits per heavy atom. The first kappa shape index (κ1) is 18.3. The molecule has 1 amide bonds. The van der Waals surface area contributed by atoms with Crippen molar-refractivity contribution in [1.29, 1.82) is 0 Å². The molecule has 2 heterocycles. The summed E-state index contributed by atoms with van der Waals surface area (Å²) in [6.07, 6.45) is 3.11. The molecule has 0 radical (unpaired) electrons. The van der Waals surface area contributed by atoms with E-state index in [0.29, 0.717) is 32.4 Å². The third-order valence-electron chi connectivity index (χ3n) is 6.04. The second kappa shape index (κ2) is 7.15. The van der Waals surface area contributed by atoms with E-state index >= 15 is 0 Å². The SMILES string of the molecule is Cc1cccc2[nH]cc(CC(=O)N3CCC(C(=O)O)(c4ccccc4)CC3)c12. The van der Waals surface area contributed by atoms with Crippen LogP contribution in [-0.2, 0) is 21.4 Å². The number of aromatic amines is 1. The zero-order valence-corrected chi connectivity index (χ0v) is 15.9. The van der Waals surface area contributed by atoms with E-state index in [2.05, 4.69) is 4.98 Å². The number of aromatic nitrogens is 1. The van der Waals surface area contributed by atoms with Gasteiger partial charge in [-0.2, -0.15) is 0 Å². The Morgan fingerprint density at radius 1 is 1.07 bits per heavy atom. The van der Waals surface area contributed by atoms with E-state index in [1.54, 1.807) is 4.90 Å². The number of aliphatic carboxylic acids is 1. The maximum absolute atomic E-state index is 12.9. The summed E-state index contributed by atoms with van der Waals surface area (Å²) >= 11 is 0. The largest absolute Gasteiger partial charge is 0.481 e. The van der Waals surface area contributed by atoms with E-state index in [9.17, 15) is 14.7 Å². The Hall–Kier alpha value is -3.08. The fraction of sp³-hybridized carbons (Fsp3) is 0.304. The number of carboxylic acids is 1. The second-order valence-electron chi connectivity index (χ2n) is 7.62. The molecule has 5 heteroatoms. The molecule has 0 saturated carbocycles. The quantitative estimate of drug-likeness (QED) is 0.730. The summed E-state index contributed by atoms with van der Waals surface area (Å²) in [5, 5.41) is 11.0. The molecule has 144 valence electrons. The number of carbonyl (C=O) groups is 2. The molecule has 0 atom stereocenters. The Kier molecular flexibility index (Phi) is 4.67. The fourth-order valence-electron chi connectivity index (χ4n) is 4.39. The van der Waals surface area contributed by atoms with Crippen LogP contribution in [0.3, 0.4) is 0 Å². The number of benzene rings is 2. The Bertz CT molecular complexity index is 1010. The minimum Gasteiger partial charge on any atom is -0.481 e. The first-order valence-corrected chi connectivity index (χ1v) is 9.63. The van der Waals surface area contributed by atoms with E-state index in [1.807, 2.05) is 61.7 Å². The third-order valence-corrected chi connectivity index (χ3v) is 6.04. The first-order valence-electron chi connectivity index (χ1n) is 9.63. The van der Waals surface area contributed by atoms with Crippen LogP contribution < -0.4 is 0 Å². The molecule has 3 aromatic rings. The van der Waals surface area contributed by atoms with Gasteiger partial charge in [0.15, 0.2) is 0 Å². The zero-order chi connectivity index (χ0) is 19.7. The third kappa shape index (κ3) is 3.07. The zero-order valence-electron chi connectivity index (χ0n) is 15.9. The molecular weight excluding hydrogens is 352 g/mol. The monoisotopic (exact) mass is 376 g/mol. The van der Waals surface area contributed by atoms with E-state index in [-0.39, 0.29) is 5.91 Å². The van der Waals surface area contributed by atoms with Crippen molar-refractivity contribution in [2.75, 3.05) is 13.1 Å². The number of amides is 1. The number of aryl methyl sites for hydroxylation is 1. The molecule has 4 rings (SSSR count). The average Bonchev–Trinajstić information content (AvgIpc) is 3.12. The highest BCUT2D eigenvalue weighted by Gasteiger charge is 2.43. The van der Waals surface area contributed by atoms with Crippen LogP contribution in [0.15, 0.2) is 54.7 Å². The molecular formula is C23H24N2O3. The summed E-state index contributed by atoms with van der Waals surface area (Å²) in [5.41, 5.74) is 3.10. The number of hydrogen-bond donors (Lipinski definition) is 2. The summed E-state index contributed by atoms with van der Waals surface area (Å²) in [6, 6.07) is 15.4. The molecule has 28 heavy (non-hydrogen) atoms. The van der Waals surface area contributed by atoms with Gasteiger partial charge >= 0.3 is 5.97 Å². The van der Waals surface area contributed by atoms with Gasteiger partial charge in [-0.15, -0.1) is 0 Å². The van der Waals surface area contributed by atoms with E-state index in [4.69, 9.17) is 0 Å². The highest BCUT2D eigenvalue weighted by atomic mass is 16.4. The van der Waals surface area contributed by atoms with Gasteiger partial charge < -0.3 is 15.0 Å². The van der Waals surface area contributed by atoms with Crippen molar-refractivity contribution >= 4 is 22.8 Å². The minimum atomic E-state index is -0.907. The number of fused-ring (bicyclic) bond motifs is 1. The van der Waals surface area contributed by atoms with E-state index in [0.717, 1.165) is 27.6 Å². The molecule has 1 aromatic heterocycles. The molecule has 1 aliphatic rings. The molecule has 0 aliphatic carbocycles. The van der Waals surface area contributed by atoms with Crippen LogP contribution in [0.4, 0.5) is 0 Å². The number of rotatable bonds is 4. The number of piperidine rings is 1. The van der Waals surface area contributed by atoms with Crippen LogP contribution in [0.1, 0.15) is 29.5 Å². The van der Waals surface area contributed by atoms with Crippen molar-refractivity contribution in [3.8, 4) is 0 Å². The van der Waals surface area contributed by atoms with Gasteiger partial charge in [0.05, 0.1) is 11.8 Å². The number of nitrogens with zero attached hydrogens (tertiary/aromatic N) is 1. The lowest BCUT2D eigenvalue weighted by Gasteiger charge is -2.39. The summed E-state index contributed by atoms with van der Waals surface area (Å²) in [7, 11) is 0. The topological polar surface area (TPSA) is 73.4 Å². The summed E-state index contributed by atoms with van der Waals surface area (Å²) in [5.74, 6) is -0.755. The average molecular weight is 376 g/mol. The number of hydrogen-bond acceptors (Lipinski definition) is 2. The predicted molar refractivity (Wildman–Crippen MR) is 108 cm³/mol. The van der Waals surface area contributed by atoms with Crippen LogP contribution >= 0.6 is 0 Å². The number of nitrogens with one attached hydrogen (secondary N) is 1. The van der Waals surface area contributed by atoms with Gasteiger partial charge in [0.25, 0.3) is 0 Å².